The molecule has 0 aliphatic heterocycles. The van der Waals surface area contributed by atoms with Gasteiger partial charge in [-0.25, -0.2) is 9.74 Å². The van der Waals surface area contributed by atoms with E-state index in [1.807, 2.05) is 0 Å². The second kappa shape index (κ2) is 3.48. The number of hydrogen-bond acceptors (Lipinski definition) is 2. The minimum absolute atomic E-state index is 0.190. The van der Waals surface area contributed by atoms with E-state index in [9.17, 15) is 9.32 Å². The van der Waals surface area contributed by atoms with Crippen LogP contribution >= 0.6 is 15.9 Å². The largest absolute Gasteiger partial charge is 0.379 e. The SMILES string of the molecule is O=C(OF)c1ccc(Br)cc1. The van der Waals surface area contributed by atoms with Gasteiger partial charge in [0, 0.05) is 9.00 Å². The fraction of sp³-hybridized carbons (Fsp3) is 0. The molecule has 11 heavy (non-hydrogen) atoms. The van der Waals surface area contributed by atoms with Crippen LogP contribution in [-0.2, 0) is 4.94 Å². The zero-order valence-corrected chi connectivity index (χ0v) is 6.97. The minimum Gasteiger partial charge on any atom is -0.249 e. The highest BCUT2D eigenvalue weighted by Crippen LogP contribution is 2.11. The Hall–Kier alpha value is -0.900. The van der Waals surface area contributed by atoms with Crippen molar-refractivity contribution in [2.24, 2.45) is 0 Å². The van der Waals surface area contributed by atoms with Crippen LogP contribution in [0.15, 0.2) is 28.7 Å². The van der Waals surface area contributed by atoms with Crippen LogP contribution in [0.5, 0.6) is 0 Å². The maximum Gasteiger partial charge on any atom is 0.379 e. The quantitative estimate of drug-likeness (QED) is 0.725. The number of carbonyl (C=O) groups is 1. The van der Waals surface area contributed by atoms with E-state index in [0.717, 1.165) is 4.47 Å². The lowest BCUT2D eigenvalue weighted by Crippen LogP contribution is -1.97. The Morgan fingerprint density at radius 1 is 1.36 bits per heavy atom. The van der Waals surface area contributed by atoms with Gasteiger partial charge in [-0.05, 0) is 24.3 Å². The zero-order chi connectivity index (χ0) is 8.27. The third-order valence-electron chi connectivity index (χ3n) is 1.15. The summed E-state index contributed by atoms with van der Waals surface area (Å²) in [5.74, 6) is -0.975. The second-order valence-corrected chi connectivity index (χ2v) is 2.79. The molecule has 0 radical (unpaired) electrons. The summed E-state index contributed by atoms with van der Waals surface area (Å²) >= 11 is 3.17. The lowest BCUT2D eigenvalue weighted by Gasteiger charge is -1.93. The van der Waals surface area contributed by atoms with Gasteiger partial charge in [-0.1, -0.05) is 15.9 Å². The molecule has 0 fully saturated rings. The van der Waals surface area contributed by atoms with E-state index >= 15 is 0 Å². The van der Waals surface area contributed by atoms with Crippen LogP contribution in [0.25, 0.3) is 0 Å². The average Bonchev–Trinajstić information content (AvgIpc) is 2.05. The standard InChI is InChI=1S/C7H4BrFO2/c8-6-3-1-5(2-4-6)7(10)11-9/h1-4H. The van der Waals surface area contributed by atoms with Gasteiger partial charge >= 0.3 is 5.97 Å². The van der Waals surface area contributed by atoms with E-state index in [1.165, 1.54) is 12.1 Å². The smallest absolute Gasteiger partial charge is 0.249 e. The topological polar surface area (TPSA) is 26.3 Å². The van der Waals surface area contributed by atoms with E-state index in [1.54, 1.807) is 12.1 Å². The van der Waals surface area contributed by atoms with Crippen molar-refractivity contribution in [2.45, 2.75) is 0 Å². The molecule has 0 aliphatic carbocycles. The summed E-state index contributed by atoms with van der Waals surface area (Å²) in [6.07, 6.45) is 0. The predicted octanol–water partition coefficient (Wildman–Crippen LogP) is 2.49. The normalized spacial score (nSPS) is 9.27. The summed E-state index contributed by atoms with van der Waals surface area (Å²) in [6, 6.07) is 6.19. The molecular weight excluding hydrogens is 215 g/mol. The molecule has 0 N–H and O–H groups in total. The average molecular weight is 219 g/mol. The van der Waals surface area contributed by atoms with Gasteiger partial charge in [0.1, 0.15) is 0 Å². The number of halogens is 2. The zero-order valence-electron chi connectivity index (χ0n) is 5.38. The lowest BCUT2D eigenvalue weighted by molar-refractivity contribution is -0.0788. The Balaban J connectivity index is 2.90. The van der Waals surface area contributed by atoms with Crippen LogP contribution in [0, 0.1) is 0 Å². The Labute approximate surface area is 71.0 Å². The molecule has 0 atom stereocenters. The van der Waals surface area contributed by atoms with Crippen LogP contribution in [0.1, 0.15) is 10.4 Å². The Kier molecular flexibility index (Phi) is 2.59. The first-order valence-electron chi connectivity index (χ1n) is 2.82. The van der Waals surface area contributed by atoms with E-state index < -0.39 is 5.97 Å². The molecule has 1 rings (SSSR count). The lowest BCUT2D eigenvalue weighted by atomic mass is 10.2. The van der Waals surface area contributed by atoms with Crippen molar-refractivity contribution >= 4 is 21.9 Å². The molecule has 0 bridgehead atoms. The highest BCUT2D eigenvalue weighted by molar-refractivity contribution is 9.10. The predicted molar refractivity (Wildman–Crippen MR) is 40.7 cm³/mol. The summed E-state index contributed by atoms with van der Waals surface area (Å²) in [5, 5.41) is 0. The van der Waals surface area contributed by atoms with Crippen molar-refractivity contribution < 1.29 is 14.3 Å². The summed E-state index contributed by atoms with van der Waals surface area (Å²) < 4.78 is 12.1. The maximum atomic E-state index is 11.3. The molecule has 1 aromatic carbocycles. The van der Waals surface area contributed by atoms with E-state index in [0.29, 0.717) is 0 Å². The Morgan fingerprint density at radius 3 is 2.36 bits per heavy atom. The third-order valence-corrected chi connectivity index (χ3v) is 1.68. The van der Waals surface area contributed by atoms with E-state index in [4.69, 9.17) is 0 Å². The number of rotatable bonds is 1. The summed E-state index contributed by atoms with van der Waals surface area (Å²) in [6.45, 7) is 0. The molecule has 0 aliphatic rings. The first-order valence-corrected chi connectivity index (χ1v) is 3.62. The van der Waals surface area contributed by atoms with Crippen molar-refractivity contribution in [1.29, 1.82) is 0 Å². The molecule has 0 saturated carbocycles. The van der Waals surface area contributed by atoms with Crippen LogP contribution in [-0.4, -0.2) is 5.97 Å². The molecule has 4 heteroatoms. The van der Waals surface area contributed by atoms with Crippen molar-refractivity contribution in [3.63, 3.8) is 0 Å². The van der Waals surface area contributed by atoms with Crippen molar-refractivity contribution in [1.82, 2.24) is 0 Å². The summed E-state index contributed by atoms with van der Waals surface area (Å²) in [7, 11) is 0. The van der Waals surface area contributed by atoms with Crippen molar-refractivity contribution in [3.8, 4) is 0 Å². The van der Waals surface area contributed by atoms with Gasteiger partial charge in [0.2, 0.25) is 0 Å². The van der Waals surface area contributed by atoms with Gasteiger partial charge in [0.25, 0.3) is 0 Å². The third kappa shape index (κ3) is 2.01. The highest BCUT2D eigenvalue weighted by Gasteiger charge is 2.05. The Morgan fingerprint density at radius 2 is 1.91 bits per heavy atom. The van der Waals surface area contributed by atoms with Gasteiger partial charge in [0.15, 0.2) is 0 Å². The number of carbonyl (C=O) groups excluding carboxylic acids is 1. The maximum absolute atomic E-state index is 11.3. The molecule has 1 aromatic rings. The van der Waals surface area contributed by atoms with Crippen molar-refractivity contribution in [3.05, 3.63) is 34.3 Å². The molecule has 0 heterocycles. The van der Waals surface area contributed by atoms with Crippen LogP contribution in [0.2, 0.25) is 0 Å². The van der Waals surface area contributed by atoms with Gasteiger partial charge in [0.05, 0.1) is 5.56 Å². The molecular formula is C7H4BrFO2. The van der Waals surface area contributed by atoms with Gasteiger partial charge in [-0.15, -0.1) is 0 Å². The van der Waals surface area contributed by atoms with Crippen LogP contribution in [0.3, 0.4) is 0 Å². The summed E-state index contributed by atoms with van der Waals surface area (Å²) in [4.78, 5) is 13.5. The molecule has 2 nitrogen and oxygen atoms in total. The fourth-order valence-electron chi connectivity index (χ4n) is 0.631. The molecule has 0 unspecified atom stereocenters. The Bertz CT molecular complexity index is 258. The van der Waals surface area contributed by atoms with Crippen LogP contribution in [0.4, 0.5) is 4.53 Å². The minimum atomic E-state index is -0.975. The fourth-order valence-corrected chi connectivity index (χ4v) is 0.895. The molecule has 0 spiro atoms. The second-order valence-electron chi connectivity index (χ2n) is 1.87. The van der Waals surface area contributed by atoms with Gasteiger partial charge in [-0.3, -0.25) is 0 Å². The number of hydrogen-bond donors (Lipinski definition) is 0. The first-order chi connectivity index (χ1) is 5.24. The monoisotopic (exact) mass is 218 g/mol. The van der Waals surface area contributed by atoms with E-state index in [2.05, 4.69) is 20.9 Å². The van der Waals surface area contributed by atoms with E-state index in [-0.39, 0.29) is 5.56 Å². The summed E-state index contributed by atoms with van der Waals surface area (Å²) in [5.41, 5.74) is 0.190. The first kappa shape index (κ1) is 8.20. The van der Waals surface area contributed by atoms with Crippen LogP contribution < -0.4 is 0 Å². The molecule has 58 valence electrons. The van der Waals surface area contributed by atoms with Gasteiger partial charge in [-0.2, -0.15) is 0 Å². The molecule has 0 saturated heterocycles. The molecule has 0 amide bonds. The van der Waals surface area contributed by atoms with Gasteiger partial charge < -0.3 is 0 Å². The highest BCUT2D eigenvalue weighted by atomic mass is 79.9. The van der Waals surface area contributed by atoms with Crippen molar-refractivity contribution in [2.75, 3.05) is 0 Å². The number of benzene rings is 1. The molecule has 0 aromatic heterocycles.